The Labute approximate surface area is 90.1 Å². The Hall–Kier alpha value is -1.72. The highest BCUT2D eigenvalue weighted by Gasteiger charge is 2.32. The van der Waals surface area contributed by atoms with E-state index in [4.69, 9.17) is 5.11 Å². The summed E-state index contributed by atoms with van der Waals surface area (Å²) in [4.78, 5) is 12.1. The van der Waals surface area contributed by atoms with Gasteiger partial charge in [0.2, 0.25) is 0 Å². The molecule has 1 N–H and O–H groups in total. The van der Waals surface area contributed by atoms with E-state index in [0.717, 1.165) is 6.07 Å². The molecule has 16 heavy (non-hydrogen) atoms. The van der Waals surface area contributed by atoms with Crippen molar-refractivity contribution in [2.45, 2.75) is 6.18 Å². The third kappa shape index (κ3) is 2.65. The molecule has 0 heterocycles. The van der Waals surface area contributed by atoms with E-state index in [2.05, 4.69) is 0 Å². The van der Waals surface area contributed by atoms with Gasteiger partial charge in [0.05, 0.1) is 11.1 Å². The largest absolute Gasteiger partial charge is 0.478 e. The highest BCUT2D eigenvalue weighted by Crippen LogP contribution is 2.32. The van der Waals surface area contributed by atoms with E-state index in [0.29, 0.717) is 6.07 Å². The third-order valence-corrected chi connectivity index (χ3v) is 2.01. The average Bonchev–Trinajstić information content (AvgIpc) is 2.15. The maximum absolute atomic E-state index is 12.5. The molecule has 0 atom stereocenters. The van der Waals surface area contributed by atoms with Gasteiger partial charge in [0.25, 0.3) is 0 Å². The Balaban J connectivity index is 3.36. The molecule has 0 aromatic heterocycles. The zero-order valence-electron chi connectivity index (χ0n) is 8.67. The van der Waals surface area contributed by atoms with Gasteiger partial charge in [-0.15, -0.1) is 0 Å². The number of carbonyl (C=O) groups is 1. The number of rotatable bonds is 2. The van der Waals surface area contributed by atoms with Gasteiger partial charge in [-0.1, -0.05) is 0 Å². The van der Waals surface area contributed by atoms with E-state index in [1.165, 1.54) is 11.0 Å². The second-order valence-electron chi connectivity index (χ2n) is 3.47. The molecule has 1 aromatic carbocycles. The minimum Gasteiger partial charge on any atom is -0.478 e. The fourth-order valence-corrected chi connectivity index (χ4v) is 1.16. The standard InChI is InChI=1S/C10H10F3NO2/c1-14(2)8-4-6(9(15)16)3-7(5-8)10(11,12)13/h3-5H,1-2H3,(H,15,16). The van der Waals surface area contributed by atoms with E-state index in [9.17, 15) is 18.0 Å². The molecule has 0 saturated heterocycles. The lowest BCUT2D eigenvalue weighted by molar-refractivity contribution is -0.137. The molecule has 0 unspecified atom stereocenters. The molecule has 6 heteroatoms. The van der Waals surface area contributed by atoms with Gasteiger partial charge in [-0.25, -0.2) is 4.79 Å². The molecular formula is C10H10F3NO2. The van der Waals surface area contributed by atoms with Gasteiger partial charge in [-0.05, 0) is 18.2 Å². The average molecular weight is 233 g/mol. The first-order valence-corrected chi connectivity index (χ1v) is 4.34. The Bertz CT molecular complexity index is 413. The minimum absolute atomic E-state index is 0.201. The number of halogens is 3. The zero-order valence-corrected chi connectivity index (χ0v) is 8.67. The highest BCUT2D eigenvalue weighted by atomic mass is 19.4. The summed E-state index contributed by atoms with van der Waals surface area (Å²) in [6, 6.07) is 2.72. The van der Waals surface area contributed by atoms with Crippen LogP contribution in [0.4, 0.5) is 18.9 Å². The normalized spacial score (nSPS) is 11.3. The SMILES string of the molecule is CN(C)c1cc(C(=O)O)cc(C(F)(F)F)c1. The topological polar surface area (TPSA) is 40.5 Å². The molecule has 1 aromatic rings. The van der Waals surface area contributed by atoms with Crippen molar-refractivity contribution in [3.63, 3.8) is 0 Å². The number of alkyl halides is 3. The lowest BCUT2D eigenvalue weighted by atomic mass is 10.1. The molecule has 0 aliphatic carbocycles. The van der Waals surface area contributed by atoms with Crippen LogP contribution in [-0.2, 0) is 6.18 Å². The van der Waals surface area contributed by atoms with Gasteiger partial charge in [-0.3, -0.25) is 0 Å². The molecule has 0 aliphatic rings. The van der Waals surface area contributed by atoms with Crippen LogP contribution in [0.3, 0.4) is 0 Å². The maximum Gasteiger partial charge on any atom is 0.416 e. The molecule has 88 valence electrons. The van der Waals surface area contributed by atoms with E-state index in [-0.39, 0.29) is 11.3 Å². The quantitative estimate of drug-likeness (QED) is 0.853. The first kappa shape index (κ1) is 12.4. The molecule has 0 saturated carbocycles. The van der Waals surface area contributed by atoms with Crippen LogP contribution < -0.4 is 4.90 Å². The molecule has 0 aliphatic heterocycles. The van der Waals surface area contributed by atoms with Crippen molar-refractivity contribution in [1.29, 1.82) is 0 Å². The van der Waals surface area contributed by atoms with Crippen LogP contribution in [0.25, 0.3) is 0 Å². The first-order valence-electron chi connectivity index (χ1n) is 4.34. The number of anilines is 1. The van der Waals surface area contributed by atoms with Crippen molar-refractivity contribution in [3.05, 3.63) is 29.3 Å². The van der Waals surface area contributed by atoms with Gasteiger partial charge in [0, 0.05) is 19.8 Å². The van der Waals surface area contributed by atoms with E-state index < -0.39 is 17.7 Å². The summed E-state index contributed by atoms with van der Waals surface area (Å²) in [6.45, 7) is 0. The summed E-state index contributed by atoms with van der Waals surface area (Å²) in [5.74, 6) is -1.38. The maximum atomic E-state index is 12.5. The molecule has 0 bridgehead atoms. The lowest BCUT2D eigenvalue weighted by Crippen LogP contribution is -2.13. The van der Waals surface area contributed by atoms with Crippen LogP contribution in [0.2, 0.25) is 0 Å². The second kappa shape index (κ2) is 4.03. The molecule has 0 spiro atoms. The Morgan fingerprint density at radius 2 is 1.81 bits per heavy atom. The van der Waals surface area contributed by atoms with Gasteiger partial charge in [-0.2, -0.15) is 13.2 Å². The Morgan fingerprint density at radius 1 is 1.25 bits per heavy atom. The van der Waals surface area contributed by atoms with Crippen LogP contribution >= 0.6 is 0 Å². The fraction of sp³-hybridized carbons (Fsp3) is 0.300. The summed E-state index contributed by atoms with van der Waals surface area (Å²) in [5.41, 5.74) is -1.14. The van der Waals surface area contributed by atoms with E-state index >= 15 is 0 Å². The van der Waals surface area contributed by atoms with Gasteiger partial charge < -0.3 is 10.0 Å². The van der Waals surface area contributed by atoms with Crippen molar-refractivity contribution >= 4 is 11.7 Å². The molecule has 0 fully saturated rings. The number of nitrogens with zero attached hydrogens (tertiary/aromatic N) is 1. The van der Waals surface area contributed by atoms with Crippen LogP contribution in [0.5, 0.6) is 0 Å². The number of hydrogen-bond acceptors (Lipinski definition) is 2. The summed E-state index contributed by atoms with van der Waals surface area (Å²) in [5, 5.41) is 8.70. The first-order chi connectivity index (χ1) is 7.21. The number of carboxylic acid groups (broad SMARTS) is 1. The van der Waals surface area contributed by atoms with E-state index in [1.54, 1.807) is 14.1 Å². The lowest BCUT2D eigenvalue weighted by Gasteiger charge is -2.16. The summed E-state index contributed by atoms with van der Waals surface area (Å²) in [7, 11) is 3.09. The summed E-state index contributed by atoms with van der Waals surface area (Å²) >= 11 is 0. The van der Waals surface area contributed by atoms with Crippen molar-refractivity contribution in [2.75, 3.05) is 19.0 Å². The summed E-state index contributed by atoms with van der Waals surface area (Å²) < 4.78 is 37.4. The Morgan fingerprint density at radius 3 is 2.19 bits per heavy atom. The van der Waals surface area contributed by atoms with Gasteiger partial charge >= 0.3 is 12.1 Å². The fourth-order valence-electron chi connectivity index (χ4n) is 1.16. The monoisotopic (exact) mass is 233 g/mol. The van der Waals surface area contributed by atoms with Crippen molar-refractivity contribution in [2.24, 2.45) is 0 Å². The summed E-state index contributed by atoms with van der Waals surface area (Å²) in [6.07, 6.45) is -4.55. The highest BCUT2D eigenvalue weighted by molar-refractivity contribution is 5.89. The molecule has 0 radical (unpaired) electrons. The molecular weight excluding hydrogens is 223 g/mol. The van der Waals surface area contributed by atoms with Crippen LogP contribution in [0.1, 0.15) is 15.9 Å². The third-order valence-electron chi connectivity index (χ3n) is 2.01. The van der Waals surface area contributed by atoms with Crippen molar-refractivity contribution in [1.82, 2.24) is 0 Å². The predicted octanol–water partition coefficient (Wildman–Crippen LogP) is 2.47. The van der Waals surface area contributed by atoms with Gasteiger partial charge in [0.1, 0.15) is 0 Å². The number of benzene rings is 1. The van der Waals surface area contributed by atoms with Gasteiger partial charge in [0.15, 0.2) is 0 Å². The minimum atomic E-state index is -4.55. The molecule has 1 rings (SSSR count). The molecule has 0 amide bonds. The number of aromatic carboxylic acids is 1. The van der Waals surface area contributed by atoms with Crippen molar-refractivity contribution < 1.29 is 23.1 Å². The zero-order chi connectivity index (χ0) is 12.5. The van der Waals surface area contributed by atoms with Crippen LogP contribution in [0.15, 0.2) is 18.2 Å². The van der Waals surface area contributed by atoms with Crippen molar-refractivity contribution in [3.8, 4) is 0 Å². The predicted molar refractivity (Wildman–Crippen MR) is 52.7 cm³/mol. The second-order valence-corrected chi connectivity index (χ2v) is 3.47. The van der Waals surface area contributed by atoms with Crippen LogP contribution in [-0.4, -0.2) is 25.2 Å². The number of carboxylic acids is 1. The van der Waals surface area contributed by atoms with Crippen LogP contribution in [0, 0.1) is 0 Å². The smallest absolute Gasteiger partial charge is 0.416 e. The van der Waals surface area contributed by atoms with E-state index in [1.807, 2.05) is 0 Å². The molecule has 3 nitrogen and oxygen atoms in total. The number of hydrogen-bond donors (Lipinski definition) is 1. The Kier molecular flexibility index (Phi) is 3.11.